The number of hydrogen-bond acceptors (Lipinski definition) is 3. The fourth-order valence-corrected chi connectivity index (χ4v) is 3.22. The van der Waals surface area contributed by atoms with E-state index in [1.165, 1.54) is 12.8 Å². The molecule has 4 nitrogen and oxygen atoms in total. The molecule has 1 amide bonds. The van der Waals surface area contributed by atoms with Gasteiger partial charge in [0.15, 0.2) is 0 Å². The first-order valence-electron chi connectivity index (χ1n) is 8.18. The summed E-state index contributed by atoms with van der Waals surface area (Å²) >= 11 is 3.55. The SMILES string of the molecule is CC1CCCN(c2cc(Br)ccc2N(C)C(=O)OC(C)(C)C)C1. The molecule has 1 atom stereocenters. The van der Waals surface area contributed by atoms with Gasteiger partial charge in [-0.2, -0.15) is 0 Å². The van der Waals surface area contributed by atoms with Gasteiger partial charge in [-0.1, -0.05) is 22.9 Å². The second kappa shape index (κ2) is 7.12. The molecule has 1 heterocycles. The number of piperidine rings is 1. The number of amides is 1. The van der Waals surface area contributed by atoms with Crippen LogP contribution in [0.2, 0.25) is 0 Å². The summed E-state index contributed by atoms with van der Waals surface area (Å²) in [6.45, 7) is 9.97. The van der Waals surface area contributed by atoms with Crippen molar-refractivity contribution in [2.24, 2.45) is 5.92 Å². The Hall–Kier alpha value is -1.23. The van der Waals surface area contributed by atoms with Crippen molar-refractivity contribution in [1.82, 2.24) is 0 Å². The molecule has 2 rings (SSSR count). The van der Waals surface area contributed by atoms with Crippen molar-refractivity contribution < 1.29 is 9.53 Å². The number of nitrogens with zero attached hydrogens (tertiary/aromatic N) is 2. The third-order valence-corrected chi connectivity index (χ3v) is 4.46. The first kappa shape index (κ1) is 18.1. The summed E-state index contributed by atoms with van der Waals surface area (Å²) in [7, 11) is 1.77. The van der Waals surface area contributed by atoms with Crippen LogP contribution in [0.15, 0.2) is 22.7 Å². The van der Waals surface area contributed by atoms with Gasteiger partial charge in [0.25, 0.3) is 0 Å². The maximum atomic E-state index is 12.4. The Labute approximate surface area is 147 Å². The number of carbonyl (C=O) groups excluding carboxylic acids is 1. The number of ether oxygens (including phenoxy) is 1. The van der Waals surface area contributed by atoms with Crippen LogP contribution in [-0.2, 0) is 4.74 Å². The minimum Gasteiger partial charge on any atom is -0.443 e. The average Bonchev–Trinajstić information content (AvgIpc) is 2.44. The van der Waals surface area contributed by atoms with Gasteiger partial charge in [0.05, 0.1) is 11.4 Å². The van der Waals surface area contributed by atoms with E-state index in [1.54, 1.807) is 11.9 Å². The zero-order valence-electron chi connectivity index (χ0n) is 14.7. The number of anilines is 2. The van der Waals surface area contributed by atoms with Gasteiger partial charge >= 0.3 is 6.09 Å². The smallest absolute Gasteiger partial charge is 0.414 e. The molecule has 1 saturated heterocycles. The molecule has 1 aromatic rings. The maximum absolute atomic E-state index is 12.4. The lowest BCUT2D eigenvalue weighted by atomic mass is 9.99. The Morgan fingerprint density at radius 2 is 2.09 bits per heavy atom. The molecule has 0 aliphatic carbocycles. The third-order valence-electron chi connectivity index (χ3n) is 3.96. The molecule has 23 heavy (non-hydrogen) atoms. The van der Waals surface area contributed by atoms with E-state index in [2.05, 4.69) is 33.8 Å². The van der Waals surface area contributed by atoms with E-state index in [1.807, 2.05) is 32.9 Å². The van der Waals surface area contributed by atoms with Crippen molar-refractivity contribution in [2.45, 2.75) is 46.1 Å². The van der Waals surface area contributed by atoms with E-state index in [-0.39, 0.29) is 6.09 Å². The Balaban J connectivity index is 2.29. The zero-order valence-corrected chi connectivity index (χ0v) is 16.3. The largest absolute Gasteiger partial charge is 0.443 e. The van der Waals surface area contributed by atoms with Gasteiger partial charge in [0.2, 0.25) is 0 Å². The minimum absolute atomic E-state index is 0.328. The van der Waals surface area contributed by atoms with E-state index >= 15 is 0 Å². The number of halogens is 1. The highest BCUT2D eigenvalue weighted by Crippen LogP contribution is 2.35. The summed E-state index contributed by atoms with van der Waals surface area (Å²) in [6, 6.07) is 6.03. The van der Waals surface area contributed by atoms with E-state index in [0.717, 1.165) is 28.9 Å². The molecule has 0 saturated carbocycles. The van der Waals surface area contributed by atoms with Gasteiger partial charge in [0, 0.05) is 24.6 Å². The first-order valence-corrected chi connectivity index (χ1v) is 8.98. The van der Waals surface area contributed by atoms with Crippen molar-refractivity contribution >= 4 is 33.4 Å². The zero-order chi connectivity index (χ0) is 17.2. The fourth-order valence-electron chi connectivity index (χ4n) is 2.87. The van der Waals surface area contributed by atoms with Crippen LogP contribution in [-0.4, -0.2) is 31.8 Å². The van der Waals surface area contributed by atoms with Gasteiger partial charge in [-0.25, -0.2) is 4.79 Å². The van der Waals surface area contributed by atoms with Crippen LogP contribution in [0.5, 0.6) is 0 Å². The summed E-state index contributed by atoms with van der Waals surface area (Å²) in [5.41, 5.74) is 1.47. The number of benzene rings is 1. The van der Waals surface area contributed by atoms with Crippen molar-refractivity contribution in [2.75, 3.05) is 29.9 Å². The molecule has 1 aliphatic heterocycles. The predicted octanol–water partition coefficient (Wildman–Crippen LogP) is 5.06. The number of hydrogen-bond donors (Lipinski definition) is 0. The second-order valence-corrected chi connectivity index (χ2v) is 8.28. The van der Waals surface area contributed by atoms with Crippen LogP contribution < -0.4 is 9.80 Å². The third kappa shape index (κ3) is 4.87. The van der Waals surface area contributed by atoms with Gasteiger partial charge in [-0.05, 0) is 57.7 Å². The monoisotopic (exact) mass is 382 g/mol. The topological polar surface area (TPSA) is 32.8 Å². The molecule has 1 aromatic carbocycles. The quantitative estimate of drug-likeness (QED) is 0.716. The van der Waals surface area contributed by atoms with Crippen molar-refractivity contribution in [1.29, 1.82) is 0 Å². The normalized spacial score (nSPS) is 18.7. The highest BCUT2D eigenvalue weighted by molar-refractivity contribution is 9.10. The molecular formula is C18H27BrN2O2. The Bertz CT molecular complexity index is 569. The molecule has 0 bridgehead atoms. The fraction of sp³-hybridized carbons (Fsp3) is 0.611. The summed E-state index contributed by atoms with van der Waals surface area (Å²) in [4.78, 5) is 16.4. The molecule has 1 unspecified atom stereocenters. The van der Waals surface area contributed by atoms with E-state index in [0.29, 0.717) is 5.92 Å². The molecule has 0 N–H and O–H groups in total. The van der Waals surface area contributed by atoms with E-state index in [9.17, 15) is 4.79 Å². The van der Waals surface area contributed by atoms with Gasteiger partial charge in [-0.3, -0.25) is 4.90 Å². The lowest BCUT2D eigenvalue weighted by molar-refractivity contribution is 0.0589. The van der Waals surface area contributed by atoms with Crippen LogP contribution in [0.25, 0.3) is 0 Å². The van der Waals surface area contributed by atoms with Gasteiger partial charge < -0.3 is 9.64 Å². The Morgan fingerprint density at radius 3 is 2.70 bits per heavy atom. The predicted molar refractivity (Wildman–Crippen MR) is 99.4 cm³/mol. The lowest BCUT2D eigenvalue weighted by Gasteiger charge is -2.35. The molecule has 5 heteroatoms. The maximum Gasteiger partial charge on any atom is 0.414 e. The molecule has 128 valence electrons. The molecule has 1 fully saturated rings. The standard InChI is InChI=1S/C18H27BrN2O2/c1-13-7-6-10-21(12-13)16-11-14(19)8-9-15(16)20(5)17(22)23-18(2,3)4/h8-9,11,13H,6-7,10,12H2,1-5H3. The van der Waals surface area contributed by atoms with E-state index < -0.39 is 5.60 Å². The average molecular weight is 383 g/mol. The van der Waals surface area contributed by atoms with Gasteiger partial charge in [-0.15, -0.1) is 0 Å². The molecule has 0 radical (unpaired) electrons. The molecule has 0 aromatic heterocycles. The van der Waals surface area contributed by atoms with Crippen molar-refractivity contribution in [3.05, 3.63) is 22.7 Å². The lowest BCUT2D eigenvalue weighted by Crippen LogP contribution is -2.38. The minimum atomic E-state index is -0.499. The van der Waals surface area contributed by atoms with Crippen LogP contribution in [0.1, 0.15) is 40.5 Å². The number of carbonyl (C=O) groups is 1. The second-order valence-electron chi connectivity index (χ2n) is 7.37. The van der Waals surface area contributed by atoms with Gasteiger partial charge in [0.1, 0.15) is 5.60 Å². The van der Waals surface area contributed by atoms with Crippen LogP contribution in [0.3, 0.4) is 0 Å². The molecule has 0 spiro atoms. The Morgan fingerprint density at radius 1 is 1.39 bits per heavy atom. The molecule has 1 aliphatic rings. The van der Waals surface area contributed by atoms with Crippen LogP contribution >= 0.6 is 15.9 Å². The highest BCUT2D eigenvalue weighted by Gasteiger charge is 2.25. The highest BCUT2D eigenvalue weighted by atomic mass is 79.9. The summed E-state index contributed by atoms with van der Waals surface area (Å²) in [5.74, 6) is 0.669. The van der Waals surface area contributed by atoms with E-state index in [4.69, 9.17) is 4.74 Å². The summed E-state index contributed by atoms with van der Waals surface area (Å²) < 4.78 is 6.52. The van der Waals surface area contributed by atoms with Crippen molar-refractivity contribution in [3.63, 3.8) is 0 Å². The summed E-state index contributed by atoms with van der Waals surface area (Å²) in [5, 5.41) is 0. The van der Waals surface area contributed by atoms with Crippen molar-refractivity contribution in [3.8, 4) is 0 Å². The molecular weight excluding hydrogens is 356 g/mol. The number of rotatable bonds is 2. The Kier molecular flexibility index (Phi) is 5.61. The van der Waals surface area contributed by atoms with Crippen LogP contribution in [0.4, 0.5) is 16.2 Å². The first-order chi connectivity index (χ1) is 10.7. The van der Waals surface area contributed by atoms with Crippen LogP contribution in [0, 0.1) is 5.92 Å². The summed E-state index contributed by atoms with van der Waals surface area (Å²) in [6.07, 6.45) is 2.12.